The number of carbonyl (C=O) groups excluding carboxylic acids is 1. The molecule has 4 heteroatoms. The molecule has 0 bridgehead atoms. The lowest BCUT2D eigenvalue weighted by Gasteiger charge is -1.91. The molecule has 0 aromatic heterocycles. The molecule has 9 heavy (non-hydrogen) atoms. The highest BCUT2D eigenvalue weighted by atomic mass is 35.5. The number of hydrogen-bond donors (Lipinski definition) is 2. The summed E-state index contributed by atoms with van der Waals surface area (Å²) in [7, 11) is 0. The lowest BCUT2D eigenvalue weighted by molar-refractivity contribution is -0.108. The molecule has 0 fully saturated rings. The smallest absolute Gasteiger partial charge is 0.211 e. The molecule has 0 atom stereocenters. The molecule has 0 radical (unpaired) electrons. The van der Waals surface area contributed by atoms with Crippen LogP contribution >= 0.6 is 11.6 Å². The van der Waals surface area contributed by atoms with Gasteiger partial charge in [0.2, 0.25) is 6.41 Å². The standard InChI is InChI=1S/C5H7ClN2O/c1-4(5(6)7)2-8-3-9/h2-3,7H,1H3,(H,8,9)/b4-2-,7-5?. The minimum atomic E-state index is -0.0654. The Kier molecular flexibility index (Phi) is 3.71. The van der Waals surface area contributed by atoms with Crippen LogP contribution in [0.1, 0.15) is 6.92 Å². The molecule has 0 aliphatic carbocycles. The van der Waals surface area contributed by atoms with Crippen LogP contribution in [0.2, 0.25) is 0 Å². The molecule has 0 saturated carbocycles. The van der Waals surface area contributed by atoms with Crippen LogP contribution in [0, 0.1) is 5.41 Å². The van der Waals surface area contributed by atoms with Gasteiger partial charge in [0.25, 0.3) is 0 Å². The van der Waals surface area contributed by atoms with Crippen molar-refractivity contribution in [3.05, 3.63) is 11.8 Å². The minimum absolute atomic E-state index is 0.0654. The lowest BCUT2D eigenvalue weighted by Crippen LogP contribution is -2.02. The zero-order chi connectivity index (χ0) is 7.28. The predicted molar refractivity (Wildman–Crippen MR) is 36.5 cm³/mol. The Morgan fingerprint density at radius 1 is 1.78 bits per heavy atom. The third-order valence-electron chi connectivity index (χ3n) is 0.714. The lowest BCUT2D eigenvalue weighted by atomic mass is 10.4. The van der Waals surface area contributed by atoms with Crippen molar-refractivity contribution in [3.63, 3.8) is 0 Å². The highest BCUT2D eigenvalue weighted by Crippen LogP contribution is 1.95. The Hall–Kier alpha value is -0.830. The summed E-state index contributed by atoms with van der Waals surface area (Å²) in [4.78, 5) is 9.66. The number of nitrogens with one attached hydrogen (secondary N) is 2. The zero-order valence-corrected chi connectivity index (χ0v) is 5.70. The van der Waals surface area contributed by atoms with Crippen LogP contribution in [0.3, 0.4) is 0 Å². The predicted octanol–water partition coefficient (Wildman–Crippen LogP) is 0.852. The van der Waals surface area contributed by atoms with E-state index < -0.39 is 0 Å². The van der Waals surface area contributed by atoms with Gasteiger partial charge in [-0.05, 0) is 6.92 Å². The SMILES string of the molecule is C/C(=C/NC=O)C(=N)Cl. The summed E-state index contributed by atoms with van der Waals surface area (Å²) in [5, 5.41) is 9.02. The van der Waals surface area contributed by atoms with Gasteiger partial charge in [0.15, 0.2) is 0 Å². The van der Waals surface area contributed by atoms with Crippen LogP contribution < -0.4 is 5.32 Å². The van der Waals surface area contributed by atoms with Gasteiger partial charge in [-0.25, -0.2) is 0 Å². The third kappa shape index (κ3) is 3.73. The maximum atomic E-state index is 9.66. The van der Waals surface area contributed by atoms with Crippen molar-refractivity contribution in [2.24, 2.45) is 0 Å². The van der Waals surface area contributed by atoms with Crippen LogP contribution in [0.15, 0.2) is 11.8 Å². The van der Waals surface area contributed by atoms with Gasteiger partial charge < -0.3 is 5.32 Å². The molecule has 2 N–H and O–H groups in total. The highest BCUT2D eigenvalue weighted by Gasteiger charge is 1.90. The molecular weight excluding hydrogens is 140 g/mol. The van der Waals surface area contributed by atoms with Crippen molar-refractivity contribution in [1.82, 2.24) is 5.32 Å². The van der Waals surface area contributed by atoms with Gasteiger partial charge in [-0.1, -0.05) is 11.6 Å². The van der Waals surface area contributed by atoms with E-state index in [1.807, 2.05) is 0 Å². The van der Waals surface area contributed by atoms with Gasteiger partial charge in [0.1, 0.15) is 5.17 Å². The number of allylic oxidation sites excluding steroid dienone is 1. The molecule has 50 valence electrons. The van der Waals surface area contributed by atoms with Gasteiger partial charge in [0, 0.05) is 11.8 Å². The molecule has 0 aliphatic heterocycles. The summed E-state index contributed by atoms with van der Waals surface area (Å²) in [6, 6.07) is 0. The average molecular weight is 147 g/mol. The fraction of sp³-hybridized carbons (Fsp3) is 0.200. The fourth-order valence-electron chi connectivity index (χ4n) is 0.222. The number of carbonyl (C=O) groups is 1. The van der Waals surface area contributed by atoms with E-state index in [9.17, 15) is 4.79 Å². The van der Waals surface area contributed by atoms with Gasteiger partial charge in [0.05, 0.1) is 0 Å². The molecule has 0 rings (SSSR count). The highest BCUT2D eigenvalue weighted by molar-refractivity contribution is 6.68. The van der Waals surface area contributed by atoms with Crippen LogP contribution in [-0.4, -0.2) is 11.6 Å². The molecule has 0 spiro atoms. The maximum Gasteiger partial charge on any atom is 0.211 e. The van der Waals surface area contributed by atoms with Gasteiger partial charge in [-0.3, -0.25) is 10.2 Å². The van der Waals surface area contributed by atoms with E-state index in [-0.39, 0.29) is 5.17 Å². The van der Waals surface area contributed by atoms with Crippen LogP contribution in [0.4, 0.5) is 0 Å². The Labute approximate surface area is 58.2 Å². The summed E-state index contributed by atoms with van der Waals surface area (Å²) >= 11 is 5.22. The fourth-order valence-corrected chi connectivity index (χ4v) is 0.277. The van der Waals surface area contributed by atoms with Crippen molar-refractivity contribution >= 4 is 23.2 Å². The molecule has 1 amide bonds. The molecule has 0 aromatic carbocycles. The van der Waals surface area contributed by atoms with E-state index in [1.165, 1.54) is 6.20 Å². The normalized spacial score (nSPS) is 10.7. The van der Waals surface area contributed by atoms with E-state index in [2.05, 4.69) is 5.32 Å². The molecule has 0 aliphatic rings. The summed E-state index contributed by atoms with van der Waals surface area (Å²) in [5.74, 6) is 0. The van der Waals surface area contributed by atoms with E-state index in [4.69, 9.17) is 17.0 Å². The summed E-state index contributed by atoms with van der Waals surface area (Å²) in [6.45, 7) is 1.63. The van der Waals surface area contributed by atoms with Crippen LogP contribution in [0.25, 0.3) is 0 Å². The van der Waals surface area contributed by atoms with E-state index in [0.717, 1.165) is 0 Å². The van der Waals surface area contributed by atoms with Crippen molar-refractivity contribution in [1.29, 1.82) is 5.41 Å². The van der Waals surface area contributed by atoms with Crippen molar-refractivity contribution in [3.8, 4) is 0 Å². The first-order valence-corrected chi connectivity index (χ1v) is 2.67. The molecule has 0 saturated heterocycles. The van der Waals surface area contributed by atoms with Gasteiger partial charge >= 0.3 is 0 Å². The van der Waals surface area contributed by atoms with Crippen molar-refractivity contribution in [2.75, 3.05) is 0 Å². The first kappa shape index (κ1) is 8.17. The second kappa shape index (κ2) is 4.09. The number of rotatable bonds is 3. The molecule has 0 unspecified atom stereocenters. The Balaban J connectivity index is 3.83. The average Bonchev–Trinajstić information content (AvgIpc) is 1.82. The van der Waals surface area contributed by atoms with E-state index >= 15 is 0 Å². The first-order chi connectivity index (χ1) is 4.18. The molecule has 0 heterocycles. The monoisotopic (exact) mass is 146 g/mol. The quantitative estimate of drug-likeness (QED) is 0.450. The largest absolute Gasteiger partial charge is 0.335 e. The summed E-state index contributed by atoms with van der Waals surface area (Å²) < 4.78 is 0. The van der Waals surface area contributed by atoms with Crippen LogP contribution in [-0.2, 0) is 4.79 Å². The number of halogens is 1. The first-order valence-electron chi connectivity index (χ1n) is 2.29. The number of hydrogen-bond acceptors (Lipinski definition) is 2. The molecule has 0 aromatic rings. The Bertz CT molecular complexity index is 153. The summed E-state index contributed by atoms with van der Waals surface area (Å²) in [6.07, 6.45) is 1.88. The molecule has 3 nitrogen and oxygen atoms in total. The topological polar surface area (TPSA) is 53.0 Å². The van der Waals surface area contributed by atoms with Crippen molar-refractivity contribution in [2.45, 2.75) is 6.92 Å². The van der Waals surface area contributed by atoms with Crippen molar-refractivity contribution < 1.29 is 4.79 Å². The van der Waals surface area contributed by atoms with Gasteiger partial charge in [-0.15, -0.1) is 0 Å². The third-order valence-corrected chi connectivity index (χ3v) is 1.01. The van der Waals surface area contributed by atoms with Gasteiger partial charge in [-0.2, -0.15) is 0 Å². The Morgan fingerprint density at radius 2 is 2.33 bits per heavy atom. The molecular formula is C5H7ClN2O. The van der Waals surface area contributed by atoms with E-state index in [0.29, 0.717) is 12.0 Å². The number of amides is 1. The minimum Gasteiger partial charge on any atom is -0.335 e. The second-order valence-corrected chi connectivity index (χ2v) is 1.80. The second-order valence-electron chi connectivity index (χ2n) is 1.43. The summed E-state index contributed by atoms with van der Waals surface area (Å²) in [5.41, 5.74) is 0.531. The van der Waals surface area contributed by atoms with E-state index in [1.54, 1.807) is 6.92 Å². The zero-order valence-electron chi connectivity index (χ0n) is 4.94. The maximum absolute atomic E-state index is 9.66. The van der Waals surface area contributed by atoms with Crippen LogP contribution in [0.5, 0.6) is 0 Å². The Morgan fingerprint density at radius 3 is 2.67 bits per heavy atom.